The second-order valence-electron chi connectivity index (χ2n) is 3.03. The van der Waals surface area contributed by atoms with Crippen molar-refractivity contribution in [2.45, 2.75) is 20.4 Å². The van der Waals surface area contributed by atoms with E-state index in [-0.39, 0.29) is 0 Å². The minimum atomic E-state index is 0.421. The van der Waals surface area contributed by atoms with E-state index < -0.39 is 0 Å². The van der Waals surface area contributed by atoms with Crippen molar-refractivity contribution in [3.63, 3.8) is 0 Å². The first-order valence-corrected chi connectivity index (χ1v) is 4.72. The average Bonchev–Trinajstić information content (AvgIpc) is 2.19. The van der Waals surface area contributed by atoms with Crippen molar-refractivity contribution in [3.05, 3.63) is 29.1 Å². The summed E-state index contributed by atoms with van der Waals surface area (Å²) < 4.78 is 0. The standard InChI is InChI=1S/C9H14N4S/c1-6-3-4-8(12-7(6)2)5-11-9(14)13-10/h3-4H,5,10H2,1-2H3,(H2,11,13,14). The number of pyridine rings is 1. The van der Waals surface area contributed by atoms with Crippen molar-refractivity contribution in [2.75, 3.05) is 0 Å². The van der Waals surface area contributed by atoms with Gasteiger partial charge in [-0.2, -0.15) is 0 Å². The maximum Gasteiger partial charge on any atom is 0.180 e. The second-order valence-corrected chi connectivity index (χ2v) is 3.44. The Morgan fingerprint density at radius 1 is 1.50 bits per heavy atom. The molecule has 0 fully saturated rings. The van der Waals surface area contributed by atoms with Gasteiger partial charge in [0.2, 0.25) is 0 Å². The number of aromatic nitrogens is 1. The molecule has 0 aliphatic carbocycles. The zero-order valence-corrected chi connectivity index (χ0v) is 9.11. The first-order chi connectivity index (χ1) is 6.63. The number of hydrogen-bond donors (Lipinski definition) is 3. The molecule has 0 aliphatic rings. The molecule has 76 valence electrons. The Bertz CT molecular complexity index is 338. The molecule has 0 amide bonds. The molecule has 1 aromatic heterocycles. The van der Waals surface area contributed by atoms with Crippen LogP contribution in [0, 0.1) is 13.8 Å². The fourth-order valence-electron chi connectivity index (χ4n) is 1.00. The molecule has 1 aromatic rings. The molecule has 4 nitrogen and oxygen atoms in total. The van der Waals surface area contributed by atoms with Crippen molar-refractivity contribution >= 4 is 17.3 Å². The smallest absolute Gasteiger partial charge is 0.180 e. The molecule has 5 heteroatoms. The van der Waals surface area contributed by atoms with E-state index in [1.165, 1.54) is 5.56 Å². The van der Waals surface area contributed by atoms with Gasteiger partial charge in [-0.15, -0.1) is 0 Å². The minimum absolute atomic E-state index is 0.421. The number of hydrogen-bond acceptors (Lipinski definition) is 3. The van der Waals surface area contributed by atoms with Gasteiger partial charge in [0.25, 0.3) is 0 Å². The molecule has 1 rings (SSSR count). The third kappa shape index (κ3) is 2.93. The topological polar surface area (TPSA) is 63.0 Å². The highest BCUT2D eigenvalue weighted by Gasteiger charge is 1.98. The second kappa shape index (κ2) is 4.88. The van der Waals surface area contributed by atoms with Crippen LogP contribution in [0.4, 0.5) is 0 Å². The van der Waals surface area contributed by atoms with E-state index in [9.17, 15) is 0 Å². The van der Waals surface area contributed by atoms with Gasteiger partial charge in [-0.3, -0.25) is 4.98 Å². The van der Waals surface area contributed by atoms with Crippen LogP contribution in [0.15, 0.2) is 12.1 Å². The lowest BCUT2D eigenvalue weighted by molar-refractivity contribution is 0.832. The van der Waals surface area contributed by atoms with E-state index >= 15 is 0 Å². The highest BCUT2D eigenvalue weighted by molar-refractivity contribution is 7.80. The van der Waals surface area contributed by atoms with Gasteiger partial charge < -0.3 is 10.7 Å². The van der Waals surface area contributed by atoms with Crippen molar-refractivity contribution in [1.29, 1.82) is 0 Å². The van der Waals surface area contributed by atoms with Gasteiger partial charge >= 0.3 is 0 Å². The zero-order valence-electron chi connectivity index (χ0n) is 8.29. The summed E-state index contributed by atoms with van der Waals surface area (Å²) in [7, 11) is 0. The largest absolute Gasteiger partial charge is 0.356 e. The van der Waals surface area contributed by atoms with Crippen molar-refractivity contribution < 1.29 is 0 Å². The quantitative estimate of drug-likeness (QED) is 0.378. The maximum atomic E-state index is 5.12. The van der Waals surface area contributed by atoms with Crippen LogP contribution in [0.5, 0.6) is 0 Å². The Morgan fingerprint density at radius 3 is 2.79 bits per heavy atom. The van der Waals surface area contributed by atoms with Crippen LogP contribution in [0.3, 0.4) is 0 Å². The summed E-state index contributed by atoms with van der Waals surface area (Å²) in [6, 6.07) is 4.01. The van der Waals surface area contributed by atoms with Gasteiger partial charge in [-0.1, -0.05) is 6.07 Å². The molecule has 0 atom stereocenters. The number of nitrogens with zero attached hydrogens (tertiary/aromatic N) is 1. The average molecular weight is 210 g/mol. The first-order valence-electron chi connectivity index (χ1n) is 4.31. The van der Waals surface area contributed by atoms with E-state index in [1.807, 2.05) is 26.0 Å². The van der Waals surface area contributed by atoms with Crippen molar-refractivity contribution in [3.8, 4) is 0 Å². The molecular weight excluding hydrogens is 196 g/mol. The number of hydrazine groups is 1. The molecule has 0 radical (unpaired) electrons. The molecule has 0 unspecified atom stereocenters. The van der Waals surface area contributed by atoms with Crippen LogP contribution in [-0.4, -0.2) is 10.1 Å². The van der Waals surface area contributed by atoms with Crippen LogP contribution in [0.1, 0.15) is 17.0 Å². The Kier molecular flexibility index (Phi) is 3.79. The summed E-state index contributed by atoms with van der Waals surface area (Å²) in [6.07, 6.45) is 0. The van der Waals surface area contributed by atoms with Crippen LogP contribution >= 0.6 is 12.2 Å². The summed E-state index contributed by atoms with van der Waals surface area (Å²) in [5.41, 5.74) is 5.53. The summed E-state index contributed by atoms with van der Waals surface area (Å²) >= 11 is 4.84. The van der Waals surface area contributed by atoms with E-state index in [4.69, 9.17) is 18.1 Å². The van der Waals surface area contributed by atoms with E-state index in [2.05, 4.69) is 15.7 Å². The SMILES string of the molecule is Cc1ccc(CNC(=S)NN)nc1C. The number of nitrogens with two attached hydrogens (primary N) is 1. The first kappa shape index (κ1) is 10.9. The monoisotopic (exact) mass is 210 g/mol. The zero-order chi connectivity index (χ0) is 10.6. The summed E-state index contributed by atoms with van der Waals surface area (Å²) in [6.45, 7) is 4.61. The van der Waals surface area contributed by atoms with Crippen LogP contribution in [0.25, 0.3) is 0 Å². The summed E-state index contributed by atoms with van der Waals surface area (Å²) in [4.78, 5) is 4.39. The van der Waals surface area contributed by atoms with Gasteiger partial charge in [-0.05, 0) is 37.7 Å². The van der Waals surface area contributed by atoms with Gasteiger partial charge in [-0.25, -0.2) is 5.84 Å². The lowest BCUT2D eigenvalue weighted by Gasteiger charge is -2.07. The van der Waals surface area contributed by atoms with Gasteiger partial charge in [0.1, 0.15) is 0 Å². The van der Waals surface area contributed by atoms with E-state index in [0.29, 0.717) is 11.7 Å². The predicted octanol–water partition coefficient (Wildman–Crippen LogP) is 0.536. The minimum Gasteiger partial charge on any atom is -0.356 e. The normalized spacial score (nSPS) is 9.64. The third-order valence-corrected chi connectivity index (χ3v) is 2.23. The molecular formula is C9H14N4S. The molecule has 0 saturated carbocycles. The molecule has 1 heterocycles. The molecule has 4 N–H and O–H groups in total. The van der Waals surface area contributed by atoms with Crippen molar-refractivity contribution in [2.24, 2.45) is 5.84 Å². The Labute approximate surface area is 88.9 Å². The summed E-state index contributed by atoms with van der Waals surface area (Å²) in [5, 5.41) is 3.35. The van der Waals surface area contributed by atoms with Crippen LogP contribution in [0.2, 0.25) is 0 Å². The van der Waals surface area contributed by atoms with Crippen molar-refractivity contribution in [1.82, 2.24) is 15.7 Å². The third-order valence-electron chi connectivity index (χ3n) is 1.97. The fourth-order valence-corrected chi connectivity index (χ4v) is 1.08. The Hall–Kier alpha value is -1.20. The lowest BCUT2D eigenvalue weighted by atomic mass is 10.2. The van der Waals surface area contributed by atoms with Gasteiger partial charge in [0, 0.05) is 5.69 Å². The predicted molar refractivity (Wildman–Crippen MR) is 60.5 cm³/mol. The molecule has 0 saturated heterocycles. The molecule has 0 bridgehead atoms. The Morgan fingerprint density at radius 2 is 2.21 bits per heavy atom. The number of rotatable bonds is 2. The van der Waals surface area contributed by atoms with Gasteiger partial charge in [0.05, 0.1) is 12.2 Å². The fraction of sp³-hybridized carbons (Fsp3) is 0.333. The van der Waals surface area contributed by atoms with Gasteiger partial charge in [0.15, 0.2) is 5.11 Å². The van der Waals surface area contributed by atoms with E-state index in [0.717, 1.165) is 11.4 Å². The molecule has 0 spiro atoms. The molecule has 0 aromatic carbocycles. The van der Waals surface area contributed by atoms with E-state index in [1.54, 1.807) is 0 Å². The summed E-state index contributed by atoms with van der Waals surface area (Å²) in [5.74, 6) is 5.12. The number of nitrogens with one attached hydrogen (secondary N) is 2. The lowest BCUT2D eigenvalue weighted by Crippen LogP contribution is -2.39. The number of thiocarbonyl (C=S) groups is 1. The Balaban J connectivity index is 2.60. The van der Waals surface area contributed by atoms with Crippen LogP contribution in [-0.2, 0) is 6.54 Å². The number of aryl methyl sites for hydroxylation is 2. The maximum absolute atomic E-state index is 5.12. The molecule has 0 aliphatic heterocycles. The highest BCUT2D eigenvalue weighted by Crippen LogP contribution is 2.04. The highest BCUT2D eigenvalue weighted by atomic mass is 32.1. The molecule has 14 heavy (non-hydrogen) atoms. The van der Waals surface area contributed by atoms with Crippen LogP contribution < -0.4 is 16.6 Å².